The third-order valence-electron chi connectivity index (χ3n) is 7.34. The Hall–Kier alpha value is -4.57. The molecule has 2 aliphatic heterocycles. The molecule has 0 radical (unpaired) electrons. The van der Waals surface area contributed by atoms with Gasteiger partial charge >= 0.3 is 6.03 Å². The van der Waals surface area contributed by atoms with Crippen molar-refractivity contribution in [2.24, 2.45) is 0 Å². The van der Waals surface area contributed by atoms with Crippen molar-refractivity contribution in [3.05, 3.63) is 84.4 Å². The molecule has 10 heteroatoms. The minimum atomic E-state index is -0.865. The van der Waals surface area contributed by atoms with E-state index in [1.807, 2.05) is 42.5 Å². The summed E-state index contributed by atoms with van der Waals surface area (Å²) in [7, 11) is 1.52. The highest BCUT2D eigenvalue weighted by atomic mass is 16.3. The molecule has 3 aromatic rings. The number of hydrogen-bond acceptors (Lipinski definition) is 6. The van der Waals surface area contributed by atoms with Crippen LogP contribution < -0.4 is 5.32 Å². The molecule has 5 rings (SSSR count). The number of phenols is 2. The number of rotatable bonds is 7. The van der Waals surface area contributed by atoms with E-state index in [1.54, 1.807) is 27.0 Å². The van der Waals surface area contributed by atoms with Gasteiger partial charge in [-0.05, 0) is 34.0 Å². The van der Waals surface area contributed by atoms with E-state index in [9.17, 15) is 24.6 Å². The molecule has 0 unspecified atom stereocenters. The van der Waals surface area contributed by atoms with Gasteiger partial charge in [0, 0.05) is 20.0 Å². The Bertz CT molecular complexity index is 1440. The highest BCUT2D eigenvalue weighted by Crippen LogP contribution is 2.32. The lowest BCUT2D eigenvalue weighted by Gasteiger charge is -2.46. The van der Waals surface area contributed by atoms with Gasteiger partial charge in [0.1, 0.15) is 12.2 Å². The lowest BCUT2D eigenvalue weighted by molar-refractivity contribution is -0.157. The zero-order chi connectivity index (χ0) is 27.7. The van der Waals surface area contributed by atoms with Gasteiger partial charge in [0.25, 0.3) is 0 Å². The van der Waals surface area contributed by atoms with Crippen LogP contribution >= 0.6 is 0 Å². The van der Waals surface area contributed by atoms with Crippen molar-refractivity contribution in [3.8, 4) is 11.5 Å². The van der Waals surface area contributed by atoms with Gasteiger partial charge in [0.15, 0.2) is 11.5 Å². The number of amides is 4. The van der Waals surface area contributed by atoms with Crippen LogP contribution in [0.4, 0.5) is 4.79 Å². The summed E-state index contributed by atoms with van der Waals surface area (Å²) in [5.74, 6) is -1.06. The smallest absolute Gasteiger partial charge is 0.332 e. The number of carbonyl (C=O) groups excluding carboxylic acids is 3. The standard InChI is InChI=1S/C29H31N5O5/c1-3-13-32(29(39)30-2)33-18-27(37)34-23(14-19-11-12-24(35)25(36)15-19)28(38)31(17-26(33)34)16-21-9-6-8-20-7-4-5-10-22(20)21/h3-12,15,23,26,35-36H,1,13-14,16-18H2,2H3,(H,30,39)/t23-,26+/m0/s1. The van der Waals surface area contributed by atoms with E-state index in [4.69, 9.17) is 0 Å². The Labute approximate surface area is 226 Å². The monoisotopic (exact) mass is 529 g/mol. The number of aromatic hydroxyl groups is 2. The van der Waals surface area contributed by atoms with Crippen molar-refractivity contribution in [1.82, 2.24) is 25.1 Å². The molecule has 0 spiro atoms. The average molecular weight is 530 g/mol. The van der Waals surface area contributed by atoms with Crippen molar-refractivity contribution in [1.29, 1.82) is 0 Å². The number of urea groups is 1. The normalized spacial score (nSPS) is 19.3. The van der Waals surface area contributed by atoms with Crippen molar-refractivity contribution in [3.63, 3.8) is 0 Å². The second-order valence-electron chi connectivity index (χ2n) is 9.71. The molecule has 2 fully saturated rings. The summed E-state index contributed by atoms with van der Waals surface area (Å²) in [4.78, 5) is 43.4. The summed E-state index contributed by atoms with van der Waals surface area (Å²) in [6.07, 6.45) is 1.13. The predicted molar refractivity (Wildman–Crippen MR) is 145 cm³/mol. The molecule has 0 bridgehead atoms. The number of hydrazine groups is 1. The largest absolute Gasteiger partial charge is 0.504 e. The van der Waals surface area contributed by atoms with Gasteiger partial charge in [-0.2, -0.15) is 5.01 Å². The third kappa shape index (κ3) is 4.86. The molecule has 2 atom stereocenters. The number of nitrogens with one attached hydrogen (secondary N) is 1. The van der Waals surface area contributed by atoms with Gasteiger partial charge in [-0.1, -0.05) is 54.6 Å². The van der Waals surface area contributed by atoms with E-state index in [2.05, 4.69) is 11.9 Å². The fraction of sp³-hybridized carbons (Fsp3) is 0.276. The van der Waals surface area contributed by atoms with Gasteiger partial charge in [-0.25, -0.2) is 4.79 Å². The van der Waals surface area contributed by atoms with E-state index in [-0.39, 0.29) is 55.4 Å². The summed E-state index contributed by atoms with van der Waals surface area (Å²) in [5.41, 5.74) is 1.57. The van der Waals surface area contributed by atoms with E-state index in [0.717, 1.165) is 16.3 Å². The Morgan fingerprint density at radius 1 is 1.10 bits per heavy atom. The maximum atomic E-state index is 14.0. The highest BCUT2D eigenvalue weighted by Gasteiger charge is 2.52. The van der Waals surface area contributed by atoms with Crippen molar-refractivity contribution in [2.75, 3.05) is 26.7 Å². The molecule has 39 heavy (non-hydrogen) atoms. The molecule has 0 aliphatic carbocycles. The topological polar surface area (TPSA) is 117 Å². The minimum Gasteiger partial charge on any atom is -0.504 e. The first kappa shape index (κ1) is 26.1. The number of hydrogen-bond donors (Lipinski definition) is 3. The number of piperazine rings is 1. The first-order valence-corrected chi connectivity index (χ1v) is 12.8. The zero-order valence-corrected chi connectivity index (χ0v) is 21.7. The van der Waals surface area contributed by atoms with Crippen molar-refractivity contribution in [2.45, 2.75) is 25.2 Å². The van der Waals surface area contributed by atoms with E-state index < -0.39 is 12.2 Å². The number of benzene rings is 3. The van der Waals surface area contributed by atoms with E-state index in [0.29, 0.717) is 12.1 Å². The molecule has 10 nitrogen and oxygen atoms in total. The van der Waals surface area contributed by atoms with Crippen LogP contribution in [0.25, 0.3) is 10.8 Å². The Kier molecular flexibility index (Phi) is 7.12. The van der Waals surface area contributed by atoms with Gasteiger partial charge in [0.05, 0.1) is 19.6 Å². The maximum Gasteiger partial charge on any atom is 0.332 e. The molecule has 202 valence electrons. The van der Waals surface area contributed by atoms with Crippen LogP contribution in [0.1, 0.15) is 11.1 Å². The Morgan fingerprint density at radius 3 is 2.62 bits per heavy atom. The van der Waals surface area contributed by atoms with Crippen LogP contribution in [0.3, 0.4) is 0 Å². The molecule has 2 saturated heterocycles. The predicted octanol–water partition coefficient (Wildman–Crippen LogP) is 2.42. The van der Waals surface area contributed by atoms with E-state index >= 15 is 0 Å². The molecule has 2 aliphatic rings. The van der Waals surface area contributed by atoms with Gasteiger partial charge in [-0.3, -0.25) is 14.6 Å². The summed E-state index contributed by atoms with van der Waals surface area (Å²) in [6.45, 7) is 4.40. The first-order chi connectivity index (χ1) is 18.8. The fourth-order valence-electron chi connectivity index (χ4n) is 5.50. The van der Waals surface area contributed by atoms with Gasteiger partial charge in [-0.15, -0.1) is 6.58 Å². The van der Waals surface area contributed by atoms with Crippen LogP contribution in [0.2, 0.25) is 0 Å². The Balaban J connectivity index is 1.53. The molecule has 2 heterocycles. The molecule has 0 aromatic heterocycles. The lowest BCUT2D eigenvalue weighted by atomic mass is 9.98. The zero-order valence-electron chi connectivity index (χ0n) is 21.7. The highest BCUT2D eigenvalue weighted by molar-refractivity contribution is 5.92. The van der Waals surface area contributed by atoms with Crippen LogP contribution in [0.15, 0.2) is 73.3 Å². The van der Waals surface area contributed by atoms with Crippen LogP contribution in [-0.4, -0.2) is 86.8 Å². The average Bonchev–Trinajstić information content (AvgIpc) is 3.26. The SMILES string of the molecule is C=CCN(C(=O)NC)N1CC(=O)N2[C@@H](Cc3ccc(O)c(O)c3)C(=O)N(Cc3cccc4ccccc34)C[C@@H]21. The minimum absolute atomic E-state index is 0.0708. The quantitative estimate of drug-likeness (QED) is 0.320. The number of carbonyl (C=O) groups is 3. The van der Waals surface area contributed by atoms with Crippen LogP contribution in [0, 0.1) is 0 Å². The summed E-state index contributed by atoms with van der Waals surface area (Å²) in [5, 5.41) is 27.6. The van der Waals surface area contributed by atoms with Crippen LogP contribution in [0.5, 0.6) is 11.5 Å². The maximum absolute atomic E-state index is 14.0. The second kappa shape index (κ2) is 10.7. The first-order valence-electron chi connectivity index (χ1n) is 12.8. The summed E-state index contributed by atoms with van der Waals surface area (Å²) >= 11 is 0. The van der Waals surface area contributed by atoms with Gasteiger partial charge in [0.2, 0.25) is 11.8 Å². The lowest BCUT2D eigenvalue weighted by Crippen LogP contribution is -2.65. The summed E-state index contributed by atoms with van der Waals surface area (Å²) in [6, 6.07) is 17.1. The molecular formula is C29H31N5O5. The fourth-order valence-corrected chi connectivity index (χ4v) is 5.50. The second-order valence-corrected chi connectivity index (χ2v) is 9.71. The third-order valence-corrected chi connectivity index (χ3v) is 7.34. The summed E-state index contributed by atoms with van der Waals surface area (Å²) < 4.78 is 0. The number of phenolic OH excluding ortho intramolecular Hbond substituents is 2. The number of nitrogens with zero attached hydrogens (tertiary/aromatic N) is 4. The van der Waals surface area contributed by atoms with Crippen molar-refractivity contribution < 1.29 is 24.6 Å². The molecule has 3 aromatic carbocycles. The van der Waals surface area contributed by atoms with E-state index in [1.165, 1.54) is 24.2 Å². The van der Waals surface area contributed by atoms with Crippen LogP contribution in [-0.2, 0) is 22.6 Å². The molecule has 3 N–H and O–H groups in total. The number of fused-ring (bicyclic) bond motifs is 2. The molecule has 0 saturated carbocycles. The van der Waals surface area contributed by atoms with Gasteiger partial charge < -0.3 is 25.3 Å². The van der Waals surface area contributed by atoms with Crippen molar-refractivity contribution >= 4 is 28.6 Å². The Morgan fingerprint density at radius 2 is 1.87 bits per heavy atom. The molecule has 4 amide bonds. The molecular weight excluding hydrogens is 498 g/mol.